The number of hydrogen-bond donors (Lipinski definition) is 2. The number of aromatic nitrogens is 3. The predicted octanol–water partition coefficient (Wildman–Crippen LogP) is 2.82. The van der Waals surface area contributed by atoms with Gasteiger partial charge in [-0.15, -0.1) is 28.2 Å². The molecule has 3 N–H and O–H groups in total. The van der Waals surface area contributed by atoms with E-state index in [2.05, 4.69) is 25.0 Å². The van der Waals surface area contributed by atoms with E-state index < -0.39 is 41.6 Å². The fourth-order valence-corrected chi connectivity index (χ4v) is 6.96. The summed E-state index contributed by atoms with van der Waals surface area (Å²) < 4.78 is 19.7. The van der Waals surface area contributed by atoms with E-state index in [1.165, 1.54) is 46.5 Å². The third-order valence-electron chi connectivity index (χ3n) is 6.70. The smallest absolute Gasteiger partial charge is 0.431 e. The average molecular weight is 664 g/mol. The molecular weight excluding hydrogens is 635 g/mol. The van der Waals surface area contributed by atoms with E-state index in [1.807, 2.05) is 0 Å². The molecule has 1 aliphatic carbocycles. The third-order valence-corrected chi connectivity index (χ3v) is 9.25. The maximum atomic E-state index is 13.4. The summed E-state index contributed by atoms with van der Waals surface area (Å²) >= 11 is 3.77. The Bertz CT molecular complexity index is 1450. The van der Waals surface area contributed by atoms with E-state index >= 15 is 0 Å². The SMILES string of the molecule is CC(OC(=O)OC1CCCCC1)OC(=O)C1=C(/C=C\c2csnn2)CSC2C(NC(=O)/C=N\OCc3csc(N)n3)C(=O)N12. The first-order valence-electron chi connectivity index (χ1n) is 13.7. The molecule has 0 radical (unpaired) electrons. The number of esters is 1. The van der Waals surface area contributed by atoms with Crippen LogP contribution in [0.1, 0.15) is 50.4 Å². The highest BCUT2D eigenvalue weighted by Gasteiger charge is 2.54. The van der Waals surface area contributed by atoms with Gasteiger partial charge in [-0.25, -0.2) is 14.6 Å². The molecule has 234 valence electrons. The molecule has 0 bridgehead atoms. The zero-order valence-electron chi connectivity index (χ0n) is 23.5. The summed E-state index contributed by atoms with van der Waals surface area (Å²) in [6.07, 6.45) is 6.34. The van der Waals surface area contributed by atoms with E-state index in [0.29, 0.717) is 27.8 Å². The third kappa shape index (κ3) is 7.92. The molecular formula is C26H29N7O8S3. The summed E-state index contributed by atoms with van der Waals surface area (Å²) in [6.45, 7) is 1.41. The van der Waals surface area contributed by atoms with Crippen molar-refractivity contribution in [1.29, 1.82) is 0 Å². The number of anilines is 1. The van der Waals surface area contributed by atoms with Crippen LogP contribution in [-0.2, 0) is 40.0 Å². The molecule has 2 fully saturated rings. The predicted molar refractivity (Wildman–Crippen MR) is 161 cm³/mol. The van der Waals surface area contributed by atoms with Gasteiger partial charge in [0, 0.05) is 23.4 Å². The van der Waals surface area contributed by atoms with Crippen LogP contribution >= 0.6 is 34.6 Å². The Kier molecular flexibility index (Phi) is 10.4. The molecule has 3 atom stereocenters. The van der Waals surface area contributed by atoms with Crippen molar-refractivity contribution in [2.45, 2.75) is 69.4 Å². The van der Waals surface area contributed by atoms with Gasteiger partial charge in [-0.2, -0.15) is 0 Å². The van der Waals surface area contributed by atoms with Crippen molar-refractivity contribution in [1.82, 2.24) is 24.8 Å². The molecule has 1 saturated heterocycles. The lowest BCUT2D eigenvalue weighted by Gasteiger charge is -2.49. The molecule has 44 heavy (non-hydrogen) atoms. The number of β-lactam (4-membered cyclic amide) rings is 1. The van der Waals surface area contributed by atoms with Gasteiger partial charge < -0.3 is 30.1 Å². The summed E-state index contributed by atoms with van der Waals surface area (Å²) in [5, 5.41) is 13.4. The molecule has 2 aromatic heterocycles. The number of allylic oxidation sites excluding steroid dienone is 1. The van der Waals surface area contributed by atoms with E-state index in [4.69, 9.17) is 24.8 Å². The van der Waals surface area contributed by atoms with Crippen LogP contribution < -0.4 is 11.1 Å². The average Bonchev–Trinajstić information content (AvgIpc) is 3.68. The topological polar surface area (TPSA) is 198 Å². The first-order valence-corrected chi connectivity index (χ1v) is 16.4. The Hall–Kier alpha value is -4.03. The lowest BCUT2D eigenvalue weighted by molar-refractivity contribution is -0.169. The van der Waals surface area contributed by atoms with E-state index in [9.17, 15) is 19.2 Å². The standard InChI is InChI=1S/C26H29N7O8S3/c1-14(40-26(37)41-18-5-3-2-4-6-18)39-24(36)21-15(7-8-16-13-44-32-31-16)11-42-23-20(22(35)33(21)23)30-19(34)9-28-38-10-17-12-43-25(27)29-17/h7-9,12-14,18,20,23H,2-6,10-11H2,1H3,(H2,27,29)(H,30,34)/b8-7-,28-9-. The van der Waals surface area contributed by atoms with E-state index in [-0.39, 0.29) is 18.4 Å². The Morgan fingerprint density at radius 2 is 2.02 bits per heavy atom. The fourth-order valence-electron chi connectivity index (χ4n) is 4.67. The number of carbonyl (C=O) groups is 4. The number of carbonyl (C=O) groups excluding carboxylic acids is 4. The van der Waals surface area contributed by atoms with Crippen LogP contribution in [0.15, 0.2) is 33.3 Å². The van der Waals surface area contributed by atoms with Gasteiger partial charge in [0.15, 0.2) is 11.7 Å². The number of thioether (sulfide) groups is 1. The Morgan fingerprint density at radius 3 is 2.75 bits per heavy atom. The second kappa shape index (κ2) is 14.6. The van der Waals surface area contributed by atoms with Crippen LogP contribution in [0.3, 0.4) is 0 Å². The normalized spacial score (nSPS) is 21.1. The molecule has 3 aliphatic rings. The number of fused-ring (bicyclic) bond motifs is 1. The Morgan fingerprint density at radius 1 is 1.20 bits per heavy atom. The minimum absolute atomic E-state index is 0.0239. The molecule has 4 heterocycles. The number of amides is 2. The fraction of sp³-hybridized carbons (Fsp3) is 0.462. The van der Waals surface area contributed by atoms with Gasteiger partial charge in [0.2, 0.25) is 6.29 Å². The molecule has 5 rings (SSSR count). The van der Waals surface area contributed by atoms with Gasteiger partial charge in [-0.3, -0.25) is 14.5 Å². The van der Waals surface area contributed by atoms with Crippen LogP contribution in [0.2, 0.25) is 0 Å². The monoisotopic (exact) mass is 663 g/mol. The van der Waals surface area contributed by atoms with Crippen LogP contribution in [0.4, 0.5) is 9.93 Å². The number of oxime groups is 1. The number of hydrogen-bond acceptors (Lipinski definition) is 16. The number of ether oxygens (including phenoxy) is 3. The molecule has 0 aromatic carbocycles. The number of nitrogens with zero attached hydrogens (tertiary/aromatic N) is 5. The summed E-state index contributed by atoms with van der Waals surface area (Å²) in [6, 6.07) is -0.924. The number of nitrogens with two attached hydrogens (primary N) is 1. The highest BCUT2D eigenvalue weighted by molar-refractivity contribution is 8.00. The summed E-state index contributed by atoms with van der Waals surface area (Å²) in [7, 11) is 0. The molecule has 1 saturated carbocycles. The molecule has 2 aliphatic heterocycles. The Balaban J connectivity index is 1.22. The zero-order chi connectivity index (χ0) is 31.1. The van der Waals surface area contributed by atoms with Crippen LogP contribution in [0.25, 0.3) is 6.08 Å². The number of nitrogens with one attached hydrogen (secondary N) is 1. The van der Waals surface area contributed by atoms with Crippen molar-refractivity contribution in [3.05, 3.63) is 39.5 Å². The first kappa shape index (κ1) is 31.4. The first-order chi connectivity index (χ1) is 21.3. The molecule has 18 heteroatoms. The van der Waals surface area contributed by atoms with Crippen molar-refractivity contribution in [2.75, 3.05) is 11.5 Å². The van der Waals surface area contributed by atoms with Crippen molar-refractivity contribution in [3.63, 3.8) is 0 Å². The van der Waals surface area contributed by atoms with Crippen molar-refractivity contribution < 1.29 is 38.2 Å². The zero-order valence-corrected chi connectivity index (χ0v) is 25.9. The van der Waals surface area contributed by atoms with Gasteiger partial charge in [0.05, 0.1) is 11.4 Å². The molecule has 3 unspecified atom stereocenters. The largest absolute Gasteiger partial charge is 0.511 e. The maximum absolute atomic E-state index is 13.4. The molecule has 15 nitrogen and oxygen atoms in total. The summed E-state index contributed by atoms with van der Waals surface area (Å²) in [5.41, 5.74) is 7.16. The van der Waals surface area contributed by atoms with Gasteiger partial charge in [-0.1, -0.05) is 22.1 Å². The summed E-state index contributed by atoms with van der Waals surface area (Å²) in [5.74, 6) is -1.75. The lowest BCUT2D eigenvalue weighted by Crippen LogP contribution is -2.70. The maximum Gasteiger partial charge on any atom is 0.511 e. The number of nitrogen functional groups attached to an aromatic ring is 1. The number of rotatable bonds is 11. The van der Waals surface area contributed by atoms with Gasteiger partial charge in [0.1, 0.15) is 29.4 Å². The quantitative estimate of drug-likeness (QED) is 0.117. The second-order valence-corrected chi connectivity index (χ2v) is 12.4. The van der Waals surface area contributed by atoms with Gasteiger partial charge >= 0.3 is 12.1 Å². The molecule has 0 spiro atoms. The van der Waals surface area contributed by atoms with Crippen molar-refractivity contribution >= 4 is 76.0 Å². The van der Waals surface area contributed by atoms with Crippen molar-refractivity contribution in [3.8, 4) is 0 Å². The van der Waals surface area contributed by atoms with Crippen LogP contribution in [0.5, 0.6) is 0 Å². The van der Waals surface area contributed by atoms with Crippen molar-refractivity contribution in [2.24, 2.45) is 5.16 Å². The van der Waals surface area contributed by atoms with E-state index in [1.54, 1.807) is 22.9 Å². The minimum atomic E-state index is -1.28. The molecule has 2 amide bonds. The van der Waals surface area contributed by atoms with Crippen LogP contribution in [0, 0.1) is 0 Å². The van der Waals surface area contributed by atoms with Gasteiger partial charge in [-0.05, 0) is 48.9 Å². The second-order valence-electron chi connectivity index (χ2n) is 9.84. The minimum Gasteiger partial charge on any atom is -0.431 e. The molecule has 2 aromatic rings. The number of thiazole rings is 1. The van der Waals surface area contributed by atoms with Crippen LogP contribution in [-0.4, -0.2) is 79.2 Å². The lowest BCUT2D eigenvalue weighted by atomic mass is 9.98. The Labute approximate surface area is 264 Å². The summed E-state index contributed by atoms with van der Waals surface area (Å²) in [4.78, 5) is 61.7. The van der Waals surface area contributed by atoms with E-state index in [0.717, 1.165) is 38.3 Å². The highest BCUT2D eigenvalue weighted by Crippen LogP contribution is 2.41. The highest BCUT2D eigenvalue weighted by atomic mass is 32.2. The van der Waals surface area contributed by atoms with Gasteiger partial charge in [0.25, 0.3) is 11.8 Å².